The molecule has 3 aliphatic rings. The van der Waals surface area contributed by atoms with Crippen LogP contribution < -0.4 is 10.6 Å². The summed E-state index contributed by atoms with van der Waals surface area (Å²) in [5, 5.41) is 4.58. The Morgan fingerprint density at radius 2 is 2.06 bits per heavy atom. The number of anilines is 1. The fourth-order valence-electron chi connectivity index (χ4n) is 5.07. The third kappa shape index (κ3) is 4.47. The highest BCUT2D eigenvalue weighted by atomic mass is 35.5. The van der Waals surface area contributed by atoms with Crippen LogP contribution in [0.25, 0.3) is 11.4 Å². The lowest BCUT2D eigenvalue weighted by Crippen LogP contribution is -2.44. The van der Waals surface area contributed by atoms with Crippen molar-refractivity contribution in [2.24, 2.45) is 17.6 Å². The van der Waals surface area contributed by atoms with Crippen LogP contribution in [0.15, 0.2) is 45.8 Å². The summed E-state index contributed by atoms with van der Waals surface area (Å²) in [7, 11) is -1.66. The van der Waals surface area contributed by atoms with Gasteiger partial charge in [-0.15, -0.1) is 0 Å². The monoisotopic (exact) mass is 530 g/mol. The Morgan fingerprint density at radius 3 is 2.86 bits per heavy atom. The van der Waals surface area contributed by atoms with E-state index in [1.807, 2.05) is 0 Å². The summed E-state index contributed by atoms with van der Waals surface area (Å²) in [4.78, 5) is 19.3. The zero-order chi connectivity index (χ0) is 25.0. The third-order valence-electron chi connectivity index (χ3n) is 7.10. The molecule has 4 unspecified atom stereocenters. The van der Waals surface area contributed by atoms with Gasteiger partial charge in [-0.25, -0.2) is 4.39 Å². The van der Waals surface area contributed by atoms with Crippen LogP contribution in [-0.4, -0.2) is 44.8 Å². The van der Waals surface area contributed by atoms with E-state index < -0.39 is 28.6 Å². The van der Waals surface area contributed by atoms with Gasteiger partial charge in [-0.1, -0.05) is 28.9 Å². The lowest BCUT2D eigenvalue weighted by atomic mass is 9.95. The van der Waals surface area contributed by atoms with Gasteiger partial charge in [0.05, 0.1) is 51.4 Å². The number of amides is 1. The van der Waals surface area contributed by atoms with Crippen LogP contribution in [-0.2, 0) is 33.3 Å². The van der Waals surface area contributed by atoms with Gasteiger partial charge in [0.25, 0.3) is 0 Å². The van der Waals surface area contributed by atoms with Crippen molar-refractivity contribution in [3.63, 3.8) is 0 Å². The molecule has 1 amide bonds. The molecule has 11 heteroatoms. The van der Waals surface area contributed by atoms with Gasteiger partial charge in [-0.05, 0) is 54.5 Å². The van der Waals surface area contributed by atoms with E-state index >= 15 is 4.39 Å². The lowest BCUT2D eigenvalue weighted by molar-refractivity contribution is -0.119. The number of hydrogen-bond donors (Lipinski definition) is 1. The highest BCUT2D eigenvalue weighted by molar-refractivity contribution is 7.85. The summed E-state index contributed by atoms with van der Waals surface area (Å²) in [6.45, 7) is 0.881. The number of aromatic nitrogens is 2. The fourth-order valence-corrected chi connectivity index (χ4v) is 6.49. The number of ether oxygens (including phenoxy) is 1. The van der Waals surface area contributed by atoms with Gasteiger partial charge < -0.3 is 19.9 Å². The zero-order valence-electron chi connectivity index (χ0n) is 19.2. The number of hydrogen-bond acceptors (Lipinski definition) is 7. The van der Waals surface area contributed by atoms with Gasteiger partial charge >= 0.3 is 0 Å². The Labute approximate surface area is 214 Å². The first-order valence-corrected chi connectivity index (χ1v) is 13.5. The van der Waals surface area contributed by atoms with E-state index in [9.17, 15) is 9.00 Å². The number of carbonyl (C=O) groups excluding carboxylic acids is 1. The smallest absolute Gasteiger partial charge is 0.245 e. The second-order valence-corrected chi connectivity index (χ2v) is 11.4. The van der Waals surface area contributed by atoms with Gasteiger partial charge in [0, 0.05) is 18.1 Å². The van der Waals surface area contributed by atoms with E-state index in [0.717, 1.165) is 25.0 Å². The van der Waals surface area contributed by atoms with Crippen LogP contribution in [0.5, 0.6) is 0 Å². The van der Waals surface area contributed by atoms with Crippen LogP contribution in [0.1, 0.15) is 24.3 Å². The lowest BCUT2D eigenvalue weighted by Gasteiger charge is -2.25. The highest BCUT2D eigenvalue weighted by Crippen LogP contribution is 2.46. The molecule has 0 radical (unpaired) electrons. The third-order valence-corrected chi connectivity index (χ3v) is 8.83. The molecular weight excluding hydrogens is 507 g/mol. The number of fused-ring (bicyclic) bond motifs is 2. The van der Waals surface area contributed by atoms with Gasteiger partial charge in [-0.3, -0.25) is 9.00 Å². The predicted molar refractivity (Wildman–Crippen MR) is 131 cm³/mol. The summed E-state index contributed by atoms with van der Waals surface area (Å²) in [5.41, 5.74) is 7.24. The molecule has 0 bridgehead atoms. The summed E-state index contributed by atoms with van der Waals surface area (Å²) in [6.07, 6.45) is 2.94. The molecule has 188 valence electrons. The molecule has 1 saturated heterocycles. The van der Waals surface area contributed by atoms with Crippen LogP contribution >= 0.6 is 11.6 Å². The minimum Gasteiger partial charge on any atom is -0.378 e. The summed E-state index contributed by atoms with van der Waals surface area (Å²) in [5.74, 6) is 0.315. The summed E-state index contributed by atoms with van der Waals surface area (Å²) < 4.78 is 39.4. The molecule has 3 heterocycles. The van der Waals surface area contributed by atoms with Gasteiger partial charge in [0.15, 0.2) is 0 Å². The van der Waals surface area contributed by atoms with Crippen molar-refractivity contribution in [1.82, 2.24) is 10.1 Å². The van der Waals surface area contributed by atoms with Crippen LogP contribution in [0.2, 0.25) is 5.02 Å². The Kier molecular flexibility index (Phi) is 6.15. The number of nitrogens with two attached hydrogens (primary N) is 1. The topological polar surface area (TPSA) is 112 Å². The highest BCUT2D eigenvalue weighted by Gasteiger charge is 2.47. The van der Waals surface area contributed by atoms with Crippen molar-refractivity contribution < 1.29 is 22.7 Å². The average molecular weight is 531 g/mol. The number of halogens is 2. The van der Waals surface area contributed by atoms with Crippen molar-refractivity contribution in [1.29, 1.82) is 0 Å². The molecule has 6 rings (SSSR count). The molecule has 1 saturated carbocycles. The van der Waals surface area contributed by atoms with E-state index in [0.29, 0.717) is 41.0 Å². The zero-order valence-corrected chi connectivity index (χ0v) is 20.8. The molecule has 2 N–H and O–H groups in total. The molecule has 1 aliphatic carbocycles. The number of benzene rings is 2. The van der Waals surface area contributed by atoms with E-state index in [-0.39, 0.29) is 28.6 Å². The minimum absolute atomic E-state index is 0.0707. The molecule has 0 spiro atoms. The average Bonchev–Trinajstić information content (AvgIpc) is 3.54. The van der Waals surface area contributed by atoms with Gasteiger partial charge in [0.2, 0.25) is 17.6 Å². The molecule has 1 aromatic heterocycles. The van der Waals surface area contributed by atoms with Crippen molar-refractivity contribution in [2.45, 2.75) is 42.8 Å². The Hall–Kier alpha value is -2.66. The van der Waals surface area contributed by atoms with Crippen LogP contribution in [0.4, 0.5) is 10.1 Å². The van der Waals surface area contributed by atoms with Gasteiger partial charge in [-0.2, -0.15) is 4.98 Å². The maximum absolute atomic E-state index is 15.3. The Morgan fingerprint density at radius 1 is 1.25 bits per heavy atom. The first-order chi connectivity index (χ1) is 17.4. The summed E-state index contributed by atoms with van der Waals surface area (Å²) >= 11 is 6.00. The SMILES string of the molecule is N[C@H]1CS(=O)c2cc(F)c(-c3noc(CC4CCOC5CC45)n3)cc2N(Cc2ccc(Cl)cc2)C1=O. The number of nitrogens with zero attached hydrogens (tertiary/aromatic N) is 3. The van der Waals surface area contributed by atoms with Crippen molar-refractivity contribution in [3.8, 4) is 11.4 Å². The van der Waals surface area contributed by atoms with E-state index in [2.05, 4.69) is 10.1 Å². The predicted octanol–water partition coefficient (Wildman–Crippen LogP) is 3.48. The maximum atomic E-state index is 15.3. The number of carbonyl (C=O) groups is 1. The van der Waals surface area contributed by atoms with E-state index in [1.165, 1.54) is 17.0 Å². The van der Waals surface area contributed by atoms with Gasteiger partial charge in [0.1, 0.15) is 5.82 Å². The van der Waals surface area contributed by atoms with Crippen LogP contribution in [0, 0.1) is 17.7 Å². The molecule has 36 heavy (non-hydrogen) atoms. The first-order valence-electron chi connectivity index (χ1n) is 11.8. The molecule has 8 nitrogen and oxygen atoms in total. The molecule has 2 aliphatic heterocycles. The molecule has 5 atom stereocenters. The Balaban J connectivity index is 1.35. The van der Waals surface area contributed by atoms with Crippen molar-refractivity contribution in [3.05, 3.63) is 58.7 Å². The largest absolute Gasteiger partial charge is 0.378 e. The minimum atomic E-state index is -1.66. The van der Waals surface area contributed by atoms with E-state index in [4.69, 9.17) is 26.6 Å². The standard InChI is InChI=1S/C25H24ClFN4O4S/c26-15-3-1-13(2-4-15)11-31-20-8-17(18(27)10-22(20)36(33)12-19(28)25(31)32)24-29-23(35-30-24)7-14-5-6-34-21-9-16(14)21/h1-4,8,10,14,16,19,21H,5-7,9,11-12,28H2/t14?,16?,19-,21?,36?/m0/s1. The van der Waals surface area contributed by atoms with E-state index in [1.54, 1.807) is 24.3 Å². The summed E-state index contributed by atoms with van der Waals surface area (Å²) in [6, 6.07) is 8.69. The van der Waals surface area contributed by atoms with Crippen molar-refractivity contribution in [2.75, 3.05) is 17.3 Å². The van der Waals surface area contributed by atoms with Crippen LogP contribution in [0.3, 0.4) is 0 Å². The number of rotatable bonds is 5. The van der Waals surface area contributed by atoms with Crippen molar-refractivity contribution >= 4 is 34.0 Å². The molecule has 2 fully saturated rings. The molecular formula is C25H24ClFN4O4S. The second-order valence-electron chi connectivity index (χ2n) is 9.54. The molecule has 3 aromatic rings. The Bertz CT molecular complexity index is 1350. The fraction of sp³-hybridized carbons (Fsp3) is 0.400. The maximum Gasteiger partial charge on any atom is 0.245 e. The second kappa shape index (κ2) is 9.33. The normalized spacial score (nSPS) is 27.4. The first kappa shape index (κ1) is 23.7. The quantitative estimate of drug-likeness (QED) is 0.537. The molecule has 2 aromatic carbocycles.